The molecule has 4 nitrogen and oxygen atoms in total. The van der Waals surface area contributed by atoms with Crippen molar-refractivity contribution in [3.8, 4) is 11.3 Å². The van der Waals surface area contributed by atoms with Gasteiger partial charge in [-0.05, 0) is 37.1 Å². The van der Waals surface area contributed by atoms with Gasteiger partial charge in [-0.15, -0.1) is 0 Å². The molecule has 0 radical (unpaired) electrons. The molecule has 0 saturated heterocycles. The van der Waals surface area contributed by atoms with Gasteiger partial charge in [0.15, 0.2) is 5.76 Å². The van der Waals surface area contributed by atoms with E-state index in [1.165, 1.54) is 23.9 Å². The van der Waals surface area contributed by atoms with Crippen molar-refractivity contribution in [2.45, 2.75) is 24.1 Å². The zero-order valence-corrected chi connectivity index (χ0v) is 11.5. The number of benzene rings is 1. The average molecular weight is 292 g/mol. The zero-order chi connectivity index (χ0) is 13.9. The van der Waals surface area contributed by atoms with Crippen molar-refractivity contribution in [2.75, 3.05) is 5.75 Å². The maximum atomic E-state index is 12.8. The molecule has 1 aliphatic rings. The van der Waals surface area contributed by atoms with Crippen LogP contribution in [0.3, 0.4) is 0 Å². The number of hydrogen-bond acceptors (Lipinski definition) is 4. The minimum absolute atomic E-state index is 0.000896. The third-order valence-electron chi connectivity index (χ3n) is 2.88. The monoisotopic (exact) mass is 292 g/mol. The fourth-order valence-electron chi connectivity index (χ4n) is 1.70. The van der Waals surface area contributed by atoms with Gasteiger partial charge < -0.3 is 9.73 Å². The Morgan fingerprint density at radius 3 is 2.85 bits per heavy atom. The van der Waals surface area contributed by atoms with Crippen molar-refractivity contribution < 1.29 is 13.6 Å². The zero-order valence-electron chi connectivity index (χ0n) is 10.6. The Morgan fingerprint density at radius 1 is 1.40 bits per heavy atom. The summed E-state index contributed by atoms with van der Waals surface area (Å²) >= 11 is 1.25. The Bertz CT molecular complexity index is 608. The number of hydrogen-bond donors (Lipinski definition) is 1. The SMILES string of the molecule is O=C(CSc1ncc(-c2ccc(F)cc2)o1)NC1CC1. The molecule has 20 heavy (non-hydrogen) atoms. The van der Waals surface area contributed by atoms with Gasteiger partial charge in [-0.25, -0.2) is 9.37 Å². The van der Waals surface area contributed by atoms with Gasteiger partial charge in [0.2, 0.25) is 5.91 Å². The number of nitrogens with one attached hydrogen (secondary N) is 1. The van der Waals surface area contributed by atoms with Gasteiger partial charge in [-0.3, -0.25) is 4.79 Å². The molecule has 1 N–H and O–H groups in total. The molecule has 1 fully saturated rings. The second-order valence-corrected chi connectivity index (χ2v) is 5.55. The van der Waals surface area contributed by atoms with Crippen molar-refractivity contribution in [3.05, 3.63) is 36.3 Å². The molecule has 1 aliphatic carbocycles. The van der Waals surface area contributed by atoms with E-state index < -0.39 is 0 Å². The highest BCUT2D eigenvalue weighted by Gasteiger charge is 2.23. The maximum Gasteiger partial charge on any atom is 0.256 e. The van der Waals surface area contributed by atoms with Crippen LogP contribution in [0.5, 0.6) is 0 Å². The predicted molar refractivity (Wildman–Crippen MR) is 73.8 cm³/mol. The highest BCUT2D eigenvalue weighted by Crippen LogP contribution is 2.26. The lowest BCUT2D eigenvalue weighted by Crippen LogP contribution is -2.26. The van der Waals surface area contributed by atoms with Gasteiger partial charge >= 0.3 is 0 Å². The van der Waals surface area contributed by atoms with Crippen molar-refractivity contribution in [1.29, 1.82) is 0 Å². The van der Waals surface area contributed by atoms with Gasteiger partial charge in [0, 0.05) is 11.6 Å². The molecule has 3 rings (SSSR count). The van der Waals surface area contributed by atoms with Crippen molar-refractivity contribution in [2.24, 2.45) is 0 Å². The lowest BCUT2D eigenvalue weighted by Gasteiger charge is -2.00. The molecule has 0 atom stereocenters. The number of amides is 1. The highest BCUT2D eigenvalue weighted by atomic mass is 32.2. The second-order valence-electron chi connectivity index (χ2n) is 4.63. The molecule has 6 heteroatoms. The molecule has 0 bridgehead atoms. The molecule has 1 aromatic carbocycles. The summed E-state index contributed by atoms with van der Waals surface area (Å²) in [5, 5.41) is 3.34. The second kappa shape index (κ2) is 5.66. The predicted octanol–water partition coefficient (Wildman–Crippen LogP) is 2.85. The molecule has 1 aromatic heterocycles. The number of rotatable bonds is 5. The van der Waals surface area contributed by atoms with E-state index in [0.29, 0.717) is 22.8 Å². The van der Waals surface area contributed by atoms with Crippen LogP contribution in [0, 0.1) is 5.82 Å². The van der Waals surface area contributed by atoms with Crippen LogP contribution in [-0.2, 0) is 4.79 Å². The Labute approximate surface area is 119 Å². The van der Waals surface area contributed by atoms with E-state index >= 15 is 0 Å². The first-order valence-corrected chi connectivity index (χ1v) is 7.33. The molecule has 0 unspecified atom stereocenters. The lowest BCUT2D eigenvalue weighted by atomic mass is 10.2. The molecule has 2 aromatic rings. The summed E-state index contributed by atoms with van der Waals surface area (Å²) in [7, 11) is 0. The standard InChI is InChI=1S/C14H13FN2O2S/c15-10-3-1-9(2-4-10)12-7-16-14(19-12)20-8-13(18)17-11-5-6-11/h1-4,7,11H,5-6,8H2,(H,17,18). The van der Waals surface area contributed by atoms with Crippen LogP contribution in [0.4, 0.5) is 4.39 Å². The minimum Gasteiger partial charge on any atom is -0.431 e. The van der Waals surface area contributed by atoms with E-state index in [4.69, 9.17) is 4.42 Å². The lowest BCUT2D eigenvalue weighted by molar-refractivity contribution is -0.118. The largest absolute Gasteiger partial charge is 0.431 e. The summed E-state index contributed by atoms with van der Waals surface area (Å²) in [5.74, 6) is 0.564. The number of aromatic nitrogens is 1. The van der Waals surface area contributed by atoms with Gasteiger partial charge in [-0.2, -0.15) is 0 Å². The van der Waals surface area contributed by atoms with Crippen molar-refractivity contribution in [3.63, 3.8) is 0 Å². The number of carbonyl (C=O) groups excluding carboxylic acids is 1. The quantitative estimate of drug-likeness (QED) is 0.861. The van der Waals surface area contributed by atoms with Gasteiger partial charge in [0.05, 0.1) is 11.9 Å². The maximum absolute atomic E-state index is 12.8. The third kappa shape index (κ3) is 3.39. The van der Waals surface area contributed by atoms with Crippen molar-refractivity contribution >= 4 is 17.7 Å². The summed E-state index contributed by atoms with van der Waals surface area (Å²) in [6, 6.07) is 6.36. The summed E-state index contributed by atoms with van der Waals surface area (Å²) in [5.41, 5.74) is 0.758. The number of nitrogens with zero attached hydrogens (tertiary/aromatic N) is 1. The van der Waals surface area contributed by atoms with Crippen molar-refractivity contribution in [1.82, 2.24) is 10.3 Å². The van der Waals surface area contributed by atoms with Gasteiger partial charge in [-0.1, -0.05) is 11.8 Å². The van der Waals surface area contributed by atoms with E-state index in [0.717, 1.165) is 18.4 Å². The topological polar surface area (TPSA) is 55.1 Å². The van der Waals surface area contributed by atoms with Gasteiger partial charge in [0.1, 0.15) is 5.82 Å². The molecular weight excluding hydrogens is 279 g/mol. The number of oxazole rings is 1. The number of halogens is 1. The number of carbonyl (C=O) groups is 1. The van der Waals surface area contributed by atoms with E-state index in [9.17, 15) is 9.18 Å². The Kier molecular flexibility index (Phi) is 3.73. The average Bonchev–Trinajstić information content (AvgIpc) is 3.12. The minimum atomic E-state index is -0.292. The highest BCUT2D eigenvalue weighted by molar-refractivity contribution is 7.99. The molecule has 1 amide bonds. The van der Waals surface area contributed by atoms with Crippen LogP contribution in [0.15, 0.2) is 40.1 Å². The molecule has 1 heterocycles. The summed E-state index contributed by atoms with van der Waals surface area (Å²) in [4.78, 5) is 15.6. The van der Waals surface area contributed by atoms with Crippen LogP contribution in [-0.4, -0.2) is 22.7 Å². The molecule has 1 saturated carbocycles. The fourth-order valence-corrected chi connectivity index (χ4v) is 2.31. The Morgan fingerprint density at radius 2 is 2.15 bits per heavy atom. The Hall–Kier alpha value is -1.82. The first-order valence-electron chi connectivity index (χ1n) is 6.34. The molecular formula is C14H13FN2O2S. The first kappa shape index (κ1) is 13.2. The van der Waals surface area contributed by atoms with Crippen LogP contribution in [0.2, 0.25) is 0 Å². The summed E-state index contributed by atoms with van der Waals surface area (Å²) in [6.45, 7) is 0. The molecule has 104 valence electrons. The van der Waals surface area contributed by atoms with Crippen LogP contribution in [0.25, 0.3) is 11.3 Å². The first-order chi connectivity index (χ1) is 9.70. The molecule has 0 aliphatic heterocycles. The van der Waals surface area contributed by atoms with E-state index in [1.807, 2.05) is 0 Å². The normalized spacial score (nSPS) is 14.2. The smallest absolute Gasteiger partial charge is 0.256 e. The van der Waals surface area contributed by atoms with Crippen LogP contribution in [0.1, 0.15) is 12.8 Å². The van der Waals surface area contributed by atoms with Crippen LogP contribution >= 0.6 is 11.8 Å². The van der Waals surface area contributed by atoms with E-state index in [-0.39, 0.29) is 11.7 Å². The van der Waals surface area contributed by atoms with E-state index in [2.05, 4.69) is 10.3 Å². The third-order valence-corrected chi connectivity index (χ3v) is 3.72. The van der Waals surface area contributed by atoms with Crippen LogP contribution < -0.4 is 5.32 Å². The summed E-state index contributed by atoms with van der Waals surface area (Å²) in [6.07, 6.45) is 3.72. The Balaban J connectivity index is 1.58. The van der Waals surface area contributed by atoms with Gasteiger partial charge in [0.25, 0.3) is 5.22 Å². The number of thioether (sulfide) groups is 1. The van der Waals surface area contributed by atoms with E-state index in [1.54, 1.807) is 18.3 Å². The summed E-state index contributed by atoms with van der Waals surface area (Å²) < 4.78 is 18.4. The molecule has 0 spiro atoms. The fraction of sp³-hybridized carbons (Fsp3) is 0.286.